The van der Waals surface area contributed by atoms with Crippen molar-refractivity contribution in [2.45, 2.75) is 40.2 Å². The number of nitrogens with one attached hydrogen (secondary N) is 1. The van der Waals surface area contributed by atoms with Crippen LogP contribution in [0, 0.1) is 0 Å². The van der Waals surface area contributed by atoms with Crippen LogP contribution in [0.25, 0.3) is 5.57 Å². The van der Waals surface area contributed by atoms with Gasteiger partial charge >= 0.3 is 0 Å². The maximum atomic E-state index is 13.2. The number of hydrogen-bond donors (Lipinski definition) is 1. The molecule has 0 aromatic heterocycles. The Balaban J connectivity index is 2.42. The average molecular weight is 427 g/mol. The van der Waals surface area contributed by atoms with Crippen molar-refractivity contribution in [1.29, 1.82) is 0 Å². The molecule has 0 aliphatic carbocycles. The average Bonchev–Trinajstić information content (AvgIpc) is 2.66. The molecule has 1 aliphatic heterocycles. The van der Waals surface area contributed by atoms with Gasteiger partial charge in [0.2, 0.25) is 0 Å². The second kappa shape index (κ2) is 9.49. The molecule has 1 amide bonds. The van der Waals surface area contributed by atoms with Gasteiger partial charge in [-0.1, -0.05) is 0 Å². The van der Waals surface area contributed by atoms with Crippen LogP contribution < -0.4 is 19.1 Å². The third-order valence-electron chi connectivity index (χ3n) is 4.61. The van der Waals surface area contributed by atoms with E-state index in [0.29, 0.717) is 47.9 Å². The van der Waals surface area contributed by atoms with Crippen molar-refractivity contribution in [3.05, 3.63) is 22.6 Å². The summed E-state index contributed by atoms with van der Waals surface area (Å²) < 4.78 is 43.7. The lowest BCUT2D eigenvalue weighted by molar-refractivity contribution is -0.116. The Bertz CT molecular complexity index is 892. The molecule has 29 heavy (non-hydrogen) atoms. The predicted octanol–water partition coefficient (Wildman–Crippen LogP) is 2.54. The van der Waals surface area contributed by atoms with Crippen molar-refractivity contribution < 1.29 is 27.4 Å². The second-order valence-corrected chi connectivity index (χ2v) is 8.68. The number of hydrogen-bond acceptors (Lipinski definition) is 6. The molecule has 0 fully saturated rings. The minimum atomic E-state index is -4.00. The summed E-state index contributed by atoms with van der Waals surface area (Å²) in [6.45, 7) is 8.20. The third kappa shape index (κ3) is 4.67. The summed E-state index contributed by atoms with van der Waals surface area (Å²) in [5, 5.41) is 2.70. The molecule has 162 valence electrons. The Morgan fingerprint density at radius 1 is 1.17 bits per heavy atom. The summed E-state index contributed by atoms with van der Waals surface area (Å²) in [5.74, 6) is 0.267. The second-order valence-electron chi connectivity index (χ2n) is 6.88. The summed E-state index contributed by atoms with van der Waals surface area (Å²) in [4.78, 5) is 12.6. The molecule has 2 rings (SSSR count). The van der Waals surface area contributed by atoms with Crippen LogP contribution >= 0.6 is 0 Å². The number of allylic oxidation sites excluding steroid dienone is 1. The largest absolute Gasteiger partial charge is 0.493 e. The third-order valence-corrected chi connectivity index (χ3v) is 6.66. The van der Waals surface area contributed by atoms with Gasteiger partial charge in [0.15, 0.2) is 16.4 Å². The molecular formula is C20H30N2O6S. The molecular weight excluding hydrogens is 396 g/mol. The summed E-state index contributed by atoms with van der Waals surface area (Å²) in [5.41, 5.74) is 1.46. The van der Waals surface area contributed by atoms with E-state index >= 15 is 0 Å². The summed E-state index contributed by atoms with van der Waals surface area (Å²) >= 11 is 0. The fourth-order valence-electron chi connectivity index (χ4n) is 3.23. The number of rotatable bonds is 9. The van der Waals surface area contributed by atoms with Crippen LogP contribution in [-0.4, -0.2) is 54.3 Å². The summed E-state index contributed by atoms with van der Waals surface area (Å²) in [7, 11) is -1.01. The van der Waals surface area contributed by atoms with Crippen molar-refractivity contribution in [2.24, 2.45) is 0 Å². The van der Waals surface area contributed by atoms with Crippen molar-refractivity contribution in [3.63, 3.8) is 0 Å². The molecule has 0 saturated heterocycles. The highest BCUT2D eigenvalue weighted by Crippen LogP contribution is 2.44. The molecule has 0 radical (unpaired) electrons. The van der Waals surface area contributed by atoms with E-state index < -0.39 is 15.9 Å². The lowest BCUT2D eigenvalue weighted by Crippen LogP contribution is -2.41. The van der Waals surface area contributed by atoms with Crippen LogP contribution in [0.1, 0.15) is 39.7 Å². The van der Waals surface area contributed by atoms with Gasteiger partial charge in [-0.25, -0.2) is 8.42 Å². The van der Waals surface area contributed by atoms with Gasteiger partial charge < -0.3 is 19.5 Å². The normalized spacial score (nSPS) is 15.3. The van der Waals surface area contributed by atoms with Crippen LogP contribution in [0.4, 0.5) is 5.69 Å². The number of fused-ring (bicyclic) bond motifs is 1. The minimum absolute atomic E-state index is 0.107. The minimum Gasteiger partial charge on any atom is -0.493 e. The molecule has 1 heterocycles. The number of carbonyl (C=O) groups excluding carboxylic acids is 1. The molecule has 0 atom stereocenters. The zero-order chi connectivity index (χ0) is 21.8. The molecule has 1 N–H and O–H groups in total. The Morgan fingerprint density at radius 2 is 1.79 bits per heavy atom. The maximum absolute atomic E-state index is 13.2. The van der Waals surface area contributed by atoms with Gasteiger partial charge in [0.25, 0.3) is 15.9 Å². The maximum Gasteiger partial charge on any atom is 0.270 e. The zero-order valence-corrected chi connectivity index (χ0v) is 18.7. The van der Waals surface area contributed by atoms with E-state index in [1.807, 2.05) is 13.8 Å². The molecule has 0 spiro atoms. The number of benzene rings is 1. The molecule has 1 aromatic carbocycles. The van der Waals surface area contributed by atoms with E-state index in [-0.39, 0.29) is 17.6 Å². The Labute approximate surface area is 172 Å². The first-order valence-corrected chi connectivity index (χ1v) is 11.0. The molecule has 0 saturated carbocycles. The molecule has 1 aliphatic rings. The summed E-state index contributed by atoms with van der Waals surface area (Å²) in [6.07, 6.45) is 0.700. The van der Waals surface area contributed by atoms with Crippen LogP contribution in [0.15, 0.2) is 17.0 Å². The first-order chi connectivity index (χ1) is 13.7. The number of anilines is 1. The first-order valence-electron chi connectivity index (χ1n) is 9.58. The Hall–Kier alpha value is -2.26. The van der Waals surface area contributed by atoms with Crippen LogP contribution in [0.3, 0.4) is 0 Å². The topological polar surface area (TPSA) is 94.2 Å². The fraction of sp³-hybridized carbons (Fsp3) is 0.550. The lowest BCUT2D eigenvalue weighted by atomic mass is 10.0. The van der Waals surface area contributed by atoms with Gasteiger partial charge in [0, 0.05) is 31.3 Å². The number of methoxy groups -OCH3 is 2. The number of sulfonamides is 1. The van der Waals surface area contributed by atoms with Crippen LogP contribution in [0.5, 0.6) is 11.5 Å². The SMILES string of the molecule is CCN1c2cc(OC)c(OC)cc2C(C)=C(C(=O)NCCCOC(C)C)S1(=O)=O. The van der Waals surface area contributed by atoms with Crippen LogP contribution in [-0.2, 0) is 19.6 Å². The monoisotopic (exact) mass is 426 g/mol. The standard InChI is InChI=1S/C20H30N2O6S/c1-7-22-16-12-18(27-6)17(26-5)11-15(16)14(4)19(29(22,24)25)20(23)21-9-8-10-28-13(2)3/h11-13H,7-10H2,1-6H3,(H,21,23). The van der Waals surface area contributed by atoms with Gasteiger partial charge in [-0.05, 0) is 45.8 Å². The van der Waals surface area contributed by atoms with Crippen LogP contribution in [0.2, 0.25) is 0 Å². The molecule has 1 aromatic rings. The van der Waals surface area contributed by atoms with E-state index in [1.165, 1.54) is 18.5 Å². The number of ether oxygens (including phenoxy) is 3. The van der Waals surface area contributed by atoms with Crippen molar-refractivity contribution >= 4 is 27.2 Å². The molecule has 0 bridgehead atoms. The van der Waals surface area contributed by atoms with E-state index in [4.69, 9.17) is 14.2 Å². The highest BCUT2D eigenvalue weighted by molar-refractivity contribution is 7.97. The molecule has 9 heteroatoms. The Kier molecular flexibility index (Phi) is 7.54. The van der Waals surface area contributed by atoms with E-state index in [9.17, 15) is 13.2 Å². The predicted molar refractivity (Wildman–Crippen MR) is 113 cm³/mol. The van der Waals surface area contributed by atoms with Gasteiger partial charge in [0.05, 0.1) is 26.0 Å². The zero-order valence-electron chi connectivity index (χ0n) is 17.9. The first kappa shape index (κ1) is 23.0. The van der Waals surface area contributed by atoms with Crippen molar-refractivity contribution in [1.82, 2.24) is 5.32 Å². The fourth-order valence-corrected chi connectivity index (χ4v) is 5.01. The summed E-state index contributed by atoms with van der Waals surface area (Å²) in [6, 6.07) is 3.32. The highest BCUT2D eigenvalue weighted by atomic mass is 32.2. The van der Waals surface area contributed by atoms with Gasteiger partial charge in [-0.2, -0.15) is 0 Å². The number of amides is 1. The number of nitrogens with zero attached hydrogens (tertiary/aromatic N) is 1. The lowest BCUT2D eigenvalue weighted by Gasteiger charge is -2.32. The van der Waals surface area contributed by atoms with E-state index in [2.05, 4.69) is 5.32 Å². The van der Waals surface area contributed by atoms with Gasteiger partial charge in [-0.15, -0.1) is 0 Å². The van der Waals surface area contributed by atoms with Crippen molar-refractivity contribution in [3.8, 4) is 11.5 Å². The molecule has 0 unspecified atom stereocenters. The Morgan fingerprint density at radius 3 is 2.34 bits per heavy atom. The number of carbonyl (C=O) groups is 1. The smallest absolute Gasteiger partial charge is 0.270 e. The molecule has 8 nitrogen and oxygen atoms in total. The van der Waals surface area contributed by atoms with E-state index in [1.54, 1.807) is 26.0 Å². The van der Waals surface area contributed by atoms with Crippen molar-refractivity contribution in [2.75, 3.05) is 38.2 Å². The van der Waals surface area contributed by atoms with Gasteiger partial charge in [-0.3, -0.25) is 9.10 Å². The quantitative estimate of drug-likeness (QED) is 0.610. The van der Waals surface area contributed by atoms with E-state index in [0.717, 1.165) is 0 Å². The van der Waals surface area contributed by atoms with Gasteiger partial charge in [0.1, 0.15) is 0 Å². The highest BCUT2D eigenvalue weighted by Gasteiger charge is 2.39.